The average molecular weight is 213 g/mol. The maximum Gasteiger partial charge on any atom is 0.336 e. The maximum absolute atomic E-state index is 12.5. The van der Waals surface area contributed by atoms with E-state index < -0.39 is 29.2 Å². The van der Waals surface area contributed by atoms with Gasteiger partial charge in [-0.15, -0.1) is 0 Å². The number of alkyl halides is 2. The molecule has 0 aliphatic carbocycles. The highest BCUT2D eigenvalue weighted by Gasteiger charge is 2.23. The number of carboxylic acid groups (broad SMARTS) is 1. The van der Waals surface area contributed by atoms with Crippen LogP contribution >= 0.6 is 0 Å². The third-order valence-corrected chi connectivity index (χ3v) is 1.63. The third kappa shape index (κ3) is 1.99. The Hall–Kier alpha value is -2.23. The molecule has 1 heterocycles. The van der Waals surface area contributed by atoms with Gasteiger partial charge in [0.2, 0.25) is 0 Å². The summed E-state index contributed by atoms with van der Waals surface area (Å²) in [4.78, 5) is 13.9. The van der Waals surface area contributed by atoms with Gasteiger partial charge in [0.15, 0.2) is 5.69 Å². The molecule has 0 amide bonds. The SMILES string of the molecule is N#Cc1nc(N)cc(C(=O)O)c1C(F)F. The number of rotatable bonds is 2. The molecule has 0 spiro atoms. The summed E-state index contributed by atoms with van der Waals surface area (Å²) in [6.45, 7) is 0. The van der Waals surface area contributed by atoms with Gasteiger partial charge in [-0.2, -0.15) is 5.26 Å². The Kier molecular flexibility index (Phi) is 2.80. The molecule has 0 radical (unpaired) electrons. The number of pyridine rings is 1. The highest BCUT2D eigenvalue weighted by atomic mass is 19.3. The van der Waals surface area contributed by atoms with Gasteiger partial charge in [-0.3, -0.25) is 0 Å². The second-order valence-corrected chi connectivity index (χ2v) is 2.57. The lowest BCUT2D eigenvalue weighted by Gasteiger charge is -2.07. The number of nitrogen functional groups attached to an aromatic ring is 1. The standard InChI is InChI=1S/C8H5F2N3O2/c9-7(10)6-3(8(14)15)1-5(12)13-4(6)2-11/h1,7H,(H2,12,13)(H,14,15). The Morgan fingerprint density at radius 2 is 2.27 bits per heavy atom. The van der Waals surface area contributed by atoms with Gasteiger partial charge in [-0.1, -0.05) is 0 Å². The van der Waals surface area contributed by atoms with Crippen molar-refractivity contribution in [2.45, 2.75) is 6.43 Å². The zero-order valence-electron chi connectivity index (χ0n) is 7.24. The highest BCUT2D eigenvalue weighted by Crippen LogP contribution is 2.26. The first kappa shape index (κ1) is 10.8. The molecule has 7 heteroatoms. The van der Waals surface area contributed by atoms with Gasteiger partial charge in [0.05, 0.1) is 11.1 Å². The van der Waals surface area contributed by atoms with E-state index in [-0.39, 0.29) is 5.82 Å². The number of nitrogens with zero attached hydrogens (tertiary/aromatic N) is 2. The van der Waals surface area contributed by atoms with Crippen molar-refractivity contribution in [3.63, 3.8) is 0 Å². The molecule has 78 valence electrons. The molecule has 5 nitrogen and oxygen atoms in total. The number of carboxylic acids is 1. The van der Waals surface area contributed by atoms with Crippen LogP contribution < -0.4 is 5.73 Å². The lowest BCUT2D eigenvalue weighted by Crippen LogP contribution is -2.09. The molecule has 15 heavy (non-hydrogen) atoms. The lowest BCUT2D eigenvalue weighted by atomic mass is 10.1. The minimum absolute atomic E-state index is 0.284. The topological polar surface area (TPSA) is 100 Å². The Labute approximate surface area is 82.8 Å². The highest BCUT2D eigenvalue weighted by molar-refractivity contribution is 5.91. The Morgan fingerprint density at radius 3 is 2.67 bits per heavy atom. The van der Waals surface area contributed by atoms with E-state index in [1.807, 2.05) is 0 Å². The molecule has 0 fully saturated rings. The number of carbonyl (C=O) groups is 1. The molecule has 1 aromatic heterocycles. The Morgan fingerprint density at radius 1 is 1.67 bits per heavy atom. The summed E-state index contributed by atoms with van der Waals surface area (Å²) < 4.78 is 24.9. The van der Waals surface area contributed by atoms with Gasteiger partial charge >= 0.3 is 5.97 Å². The van der Waals surface area contributed by atoms with Gasteiger partial charge in [-0.25, -0.2) is 18.6 Å². The fourth-order valence-corrected chi connectivity index (χ4v) is 1.06. The summed E-state index contributed by atoms with van der Waals surface area (Å²) in [5, 5.41) is 17.1. The van der Waals surface area contributed by atoms with Crippen LogP contribution in [-0.4, -0.2) is 16.1 Å². The van der Waals surface area contributed by atoms with Crippen LogP contribution in [0.25, 0.3) is 0 Å². The minimum Gasteiger partial charge on any atom is -0.478 e. The van der Waals surface area contributed by atoms with Crippen LogP contribution in [0.4, 0.5) is 14.6 Å². The second-order valence-electron chi connectivity index (χ2n) is 2.57. The molecular formula is C8H5F2N3O2. The molecule has 1 aromatic rings. The van der Waals surface area contributed by atoms with Gasteiger partial charge < -0.3 is 10.8 Å². The molecule has 0 bridgehead atoms. The Bertz CT molecular complexity index is 454. The predicted octanol–water partition coefficient (Wildman–Crippen LogP) is 1.17. The quantitative estimate of drug-likeness (QED) is 0.767. The van der Waals surface area contributed by atoms with Crippen LogP contribution in [-0.2, 0) is 0 Å². The number of nitrogens with two attached hydrogens (primary N) is 1. The molecule has 1 rings (SSSR count). The van der Waals surface area contributed by atoms with Crippen molar-refractivity contribution in [3.8, 4) is 6.07 Å². The molecule has 0 aromatic carbocycles. The molecule has 0 saturated heterocycles. The summed E-state index contributed by atoms with van der Waals surface area (Å²) in [6.07, 6.45) is -3.08. The monoisotopic (exact) mass is 213 g/mol. The molecule has 0 aliphatic rings. The summed E-state index contributed by atoms with van der Waals surface area (Å²) in [5.74, 6) is -1.86. The summed E-state index contributed by atoms with van der Waals surface area (Å²) in [5.41, 5.74) is 2.90. The van der Waals surface area contributed by atoms with Crippen molar-refractivity contribution in [2.24, 2.45) is 0 Å². The van der Waals surface area contributed by atoms with Crippen molar-refractivity contribution in [1.82, 2.24) is 4.98 Å². The normalized spacial score (nSPS) is 10.0. The van der Waals surface area contributed by atoms with E-state index in [1.54, 1.807) is 0 Å². The first-order valence-corrected chi connectivity index (χ1v) is 3.69. The number of nitriles is 1. The molecule has 3 N–H and O–H groups in total. The van der Waals surface area contributed by atoms with E-state index in [0.29, 0.717) is 0 Å². The zero-order chi connectivity index (χ0) is 11.6. The van der Waals surface area contributed by atoms with Crippen LogP contribution in [0.1, 0.15) is 28.0 Å². The third-order valence-electron chi connectivity index (χ3n) is 1.63. The first-order valence-electron chi connectivity index (χ1n) is 3.69. The summed E-state index contributed by atoms with van der Waals surface area (Å²) in [7, 11) is 0. The van der Waals surface area contributed by atoms with Crippen LogP contribution in [0.3, 0.4) is 0 Å². The predicted molar refractivity (Wildman–Crippen MR) is 45.3 cm³/mol. The van der Waals surface area contributed by atoms with E-state index in [1.165, 1.54) is 6.07 Å². The lowest BCUT2D eigenvalue weighted by molar-refractivity contribution is 0.0684. The second kappa shape index (κ2) is 3.88. The van der Waals surface area contributed by atoms with E-state index in [2.05, 4.69) is 4.98 Å². The van der Waals surface area contributed by atoms with E-state index in [0.717, 1.165) is 6.07 Å². The molecule has 0 unspecified atom stereocenters. The summed E-state index contributed by atoms with van der Waals surface area (Å²) >= 11 is 0. The minimum atomic E-state index is -3.08. The van der Waals surface area contributed by atoms with Crippen LogP contribution in [0.2, 0.25) is 0 Å². The van der Waals surface area contributed by atoms with Crippen molar-refractivity contribution >= 4 is 11.8 Å². The molecule has 0 saturated carbocycles. The first-order chi connectivity index (χ1) is 6.97. The number of aromatic carboxylic acids is 1. The summed E-state index contributed by atoms with van der Waals surface area (Å²) in [6, 6.07) is 2.17. The van der Waals surface area contributed by atoms with E-state index >= 15 is 0 Å². The van der Waals surface area contributed by atoms with Crippen molar-refractivity contribution in [3.05, 3.63) is 22.9 Å². The number of hydrogen-bond donors (Lipinski definition) is 2. The van der Waals surface area contributed by atoms with Crippen LogP contribution in [0.15, 0.2) is 6.07 Å². The van der Waals surface area contributed by atoms with Crippen molar-refractivity contribution in [1.29, 1.82) is 5.26 Å². The van der Waals surface area contributed by atoms with E-state index in [9.17, 15) is 13.6 Å². The van der Waals surface area contributed by atoms with Gasteiger partial charge in [-0.05, 0) is 6.07 Å². The van der Waals surface area contributed by atoms with Gasteiger partial charge in [0.25, 0.3) is 6.43 Å². The van der Waals surface area contributed by atoms with Crippen molar-refractivity contribution in [2.75, 3.05) is 5.73 Å². The fourth-order valence-electron chi connectivity index (χ4n) is 1.06. The maximum atomic E-state index is 12.5. The van der Waals surface area contributed by atoms with Crippen molar-refractivity contribution < 1.29 is 18.7 Å². The number of halogens is 2. The molecule has 0 atom stereocenters. The molecular weight excluding hydrogens is 208 g/mol. The average Bonchev–Trinajstić information content (AvgIpc) is 2.15. The van der Waals surface area contributed by atoms with Gasteiger partial charge in [0.1, 0.15) is 11.9 Å². The fraction of sp³-hybridized carbons (Fsp3) is 0.125. The largest absolute Gasteiger partial charge is 0.478 e. The Balaban J connectivity index is 3.56. The number of aromatic nitrogens is 1. The number of anilines is 1. The van der Waals surface area contributed by atoms with Crippen LogP contribution in [0.5, 0.6) is 0 Å². The van der Waals surface area contributed by atoms with Gasteiger partial charge in [0, 0.05) is 0 Å². The number of hydrogen-bond acceptors (Lipinski definition) is 4. The zero-order valence-corrected chi connectivity index (χ0v) is 7.24. The van der Waals surface area contributed by atoms with E-state index in [4.69, 9.17) is 16.1 Å². The smallest absolute Gasteiger partial charge is 0.336 e. The van der Waals surface area contributed by atoms with Crippen LogP contribution in [0, 0.1) is 11.3 Å². The molecule has 0 aliphatic heterocycles.